The summed E-state index contributed by atoms with van der Waals surface area (Å²) in [5.41, 5.74) is 0. The van der Waals surface area contributed by atoms with E-state index >= 15 is 0 Å². The first-order chi connectivity index (χ1) is 9.90. The summed E-state index contributed by atoms with van der Waals surface area (Å²) in [6.07, 6.45) is 1.23. The van der Waals surface area contributed by atoms with Crippen LogP contribution < -0.4 is 4.72 Å². The first-order valence-corrected chi connectivity index (χ1v) is 9.57. The number of hydrogen-bond acceptors (Lipinski definition) is 7. The van der Waals surface area contributed by atoms with Gasteiger partial charge in [0.05, 0.1) is 0 Å². The molecule has 0 saturated carbocycles. The summed E-state index contributed by atoms with van der Waals surface area (Å²) in [5.74, 6) is 0.445. The van der Waals surface area contributed by atoms with Crippen LogP contribution in [0.4, 0.5) is 5.13 Å². The van der Waals surface area contributed by atoms with Crippen LogP contribution in [-0.4, -0.2) is 30.3 Å². The molecule has 0 atom stereocenters. The van der Waals surface area contributed by atoms with E-state index in [1.54, 1.807) is 6.07 Å². The first kappa shape index (κ1) is 16.3. The van der Waals surface area contributed by atoms with Crippen LogP contribution in [0.15, 0.2) is 16.3 Å². The minimum Gasteiger partial charge on any atom is -0.396 e. The maximum Gasteiger partial charge on any atom is 0.273 e. The van der Waals surface area contributed by atoms with Gasteiger partial charge in [0.25, 0.3) is 10.0 Å². The molecular weight excluding hydrogens is 330 g/mol. The molecule has 0 unspecified atom stereocenters. The van der Waals surface area contributed by atoms with Gasteiger partial charge in [-0.3, -0.25) is 4.72 Å². The Balaban J connectivity index is 2.11. The molecule has 0 saturated heterocycles. The van der Waals surface area contributed by atoms with Crippen LogP contribution in [0.1, 0.15) is 23.7 Å². The second kappa shape index (κ2) is 6.82. The van der Waals surface area contributed by atoms with E-state index in [0.717, 1.165) is 27.6 Å². The van der Waals surface area contributed by atoms with Gasteiger partial charge in [0.1, 0.15) is 9.22 Å². The van der Waals surface area contributed by atoms with E-state index in [-0.39, 0.29) is 15.9 Å². The Bertz CT molecular complexity index is 691. The van der Waals surface area contributed by atoms with Crippen molar-refractivity contribution in [1.82, 2.24) is 10.2 Å². The second-order valence-electron chi connectivity index (χ2n) is 4.90. The molecule has 0 fully saturated rings. The van der Waals surface area contributed by atoms with Crippen molar-refractivity contribution in [2.45, 2.75) is 30.9 Å². The highest BCUT2D eigenvalue weighted by Gasteiger charge is 2.19. The topological polar surface area (TPSA) is 92.2 Å². The van der Waals surface area contributed by atoms with Crippen LogP contribution in [0.3, 0.4) is 0 Å². The predicted octanol–water partition coefficient (Wildman–Crippen LogP) is 2.13. The first-order valence-electron chi connectivity index (χ1n) is 6.45. The molecule has 0 radical (unpaired) electrons. The van der Waals surface area contributed by atoms with Crippen LogP contribution in [-0.2, 0) is 22.9 Å². The normalized spacial score (nSPS) is 12.0. The fourth-order valence-electron chi connectivity index (χ4n) is 1.64. The number of nitrogens with one attached hydrogen (secondary N) is 1. The van der Waals surface area contributed by atoms with E-state index in [2.05, 4.69) is 28.8 Å². The Morgan fingerprint density at radius 2 is 2.05 bits per heavy atom. The molecule has 0 aliphatic heterocycles. The van der Waals surface area contributed by atoms with E-state index in [1.165, 1.54) is 17.4 Å². The van der Waals surface area contributed by atoms with E-state index in [0.29, 0.717) is 12.3 Å². The molecule has 6 nitrogen and oxygen atoms in total. The van der Waals surface area contributed by atoms with Gasteiger partial charge in [-0.05, 0) is 18.1 Å². The smallest absolute Gasteiger partial charge is 0.273 e. The average molecular weight is 347 g/mol. The van der Waals surface area contributed by atoms with Crippen LogP contribution in [0.25, 0.3) is 0 Å². The van der Waals surface area contributed by atoms with Crippen LogP contribution >= 0.6 is 22.7 Å². The fourth-order valence-corrected chi connectivity index (χ4v) is 5.17. The van der Waals surface area contributed by atoms with Gasteiger partial charge in [0, 0.05) is 24.3 Å². The maximum absolute atomic E-state index is 12.2. The Morgan fingerprint density at radius 1 is 1.29 bits per heavy atom. The number of aliphatic hydroxyl groups is 1. The molecule has 116 valence electrons. The summed E-state index contributed by atoms with van der Waals surface area (Å²) in [5, 5.41) is 17.8. The lowest BCUT2D eigenvalue weighted by Gasteiger charge is -2.01. The summed E-state index contributed by atoms with van der Waals surface area (Å²) in [6.45, 7) is 4.14. The largest absolute Gasteiger partial charge is 0.396 e. The number of aromatic nitrogens is 2. The fraction of sp³-hybridized carbons (Fsp3) is 0.500. The van der Waals surface area contributed by atoms with Crippen molar-refractivity contribution in [1.29, 1.82) is 0 Å². The molecule has 2 rings (SSSR count). The van der Waals surface area contributed by atoms with Crippen molar-refractivity contribution in [2.24, 2.45) is 5.92 Å². The van der Waals surface area contributed by atoms with E-state index < -0.39 is 10.0 Å². The molecule has 0 aliphatic rings. The Morgan fingerprint density at radius 3 is 2.71 bits per heavy atom. The molecule has 2 N–H and O–H groups in total. The van der Waals surface area contributed by atoms with E-state index in [4.69, 9.17) is 5.11 Å². The highest BCUT2D eigenvalue weighted by Crippen LogP contribution is 2.26. The van der Waals surface area contributed by atoms with Crippen molar-refractivity contribution >= 4 is 37.8 Å². The molecule has 0 spiro atoms. The lowest BCUT2D eigenvalue weighted by molar-refractivity contribution is 0.300. The number of nitrogens with zero attached hydrogens (tertiary/aromatic N) is 2. The number of anilines is 1. The Hall–Kier alpha value is -1.03. The number of rotatable bonds is 7. The highest BCUT2D eigenvalue weighted by molar-refractivity contribution is 7.94. The Kier molecular flexibility index (Phi) is 5.31. The summed E-state index contributed by atoms with van der Waals surface area (Å²) in [7, 11) is -3.63. The lowest BCUT2D eigenvalue weighted by Crippen LogP contribution is -2.11. The SMILES string of the molecule is CC(C)Cc1nnc(NS(=O)(=O)c2ccc(CCO)s2)s1. The third-order valence-corrected chi connectivity index (χ3v) is 6.50. The number of thiophene rings is 1. The third-order valence-electron chi connectivity index (χ3n) is 2.53. The van der Waals surface area contributed by atoms with Crippen molar-refractivity contribution in [3.63, 3.8) is 0 Å². The molecule has 2 aromatic rings. The summed E-state index contributed by atoms with van der Waals surface area (Å²) in [6, 6.07) is 3.24. The van der Waals surface area contributed by atoms with E-state index in [1.807, 2.05) is 0 Å². The minimum atomic E-state index is -3.63. The molecule has 9 heteroatoms. The molecule has 0 aromatic carbocycles. The van der Waals surface area contributed by atoms with Crippen LogP contribution in [0, 0.1) is 5.92 Å². The van der Waals surface area contributed by atoms with Gasteiger partial charge >= 0.3 is 0 Å². The maximum atomic E-state index is 12.2. The van der Waals surface area contributed by atoms with Crippen molar-refractivity contribution in [3.05, 3.63) is 22.0 Å². The zero-order valence-electron chi connectivity index (χ0n) is 11.7. The molecule has 0 bridgehead atoms. The summed E-state index contributed by atoms with van der Waals surface area (Å²) < 4.78 is 27.1. The van der Waals surface area contributed by atoms with Gasteiger partial charge in [-0.1, -0.05) is 25.2 Å². The van der Waals surface area contributed by atoms with Crippen LogP contribution in [0.5, 0.6) is 0 Å². The van der Waals surface area contributed by atoms with Crippen molar-refractivity contribution < 1.29 is 13.5 Å². The number of aliphatic hydroxyl groups excluding tert-OH is 1. The summed E-state index contributed by atoms with van der Waals surface area (Å²) >= 11 is 2.40. The van der Waals surface area contributed by atoms with Gasteiger partial charge < -0.3 is 5.11 Å². The zero-order chi connectivity index (χ0) is 15.5. The van der Waals surface area contributed by atoms with Gasteiger partial charge in [0.2, 0.25) is 5.13 Å². The Labute approximate surface area is 131 Å². The molecule has 21 heavy (non-hydrogen) atoms. The predicted molar refractivity (Wildman–Crippen MR) is 84.4 cm³/mol. The second-order valence-corrected chi connectivity index (χ2v) is 9.04. The van der Waals surface area contributed by atoms with Gasteiger partial charge in [0.15, 0.2) is 0 Å². The van der Waals surface area contributed by atoms with Gasteiger partial charge in [-0.2, -0.15) is 0 Å². The minimum absolute atomic E-state index is 0.00237. The van der Waals surface area contributed by atoms with Crippen molar-refractivity contribution in [2.75, 3.05) is 11.3 Å². The monoisotopic (exact) mass is 347 g/mol. The molecule has 0 aliphatic carbocycles. The number of hydrogen-bond donors (Lipinski definition) is 2. The van der Waals surface area contributed by atoms with Crippen molar-refractivity contribution in [3.8, 4) is 0 Å². The number of sulfonamides is 1. The third kappa shape index (κ3) is 4.47. The van der Waals surface area contributed by atoms with Gasteiger partial charge in [-0.15, -0.1) is 21.5 Å². The van der Waals surface area contributed by atoms with E-state index in [9.17, 15) is 8.42 Å². The quantitative estimate of drug-likeness (QED) is 0.800. The average Bonchev–Trinajstić information content (AvgIpc) is 2.98. The van der Waals surface area contributed by atoms with Crippen LogP contribution in [0.2, 0.25) is 0 Å². The molecule has 2 aromatic heterocycles. The zero-order valence-corrected chi connectivity index (χ0v) is 14.2. The lowest BCUT2D eigenvalue weighted by atomic mass is 10.1. The molecular formula is C12H17N3O3S3. The molecule has 0 amide bonds. The standard InChI is InChI=1S/C12H17N3O3S3/c1-8(2)7-10-13-14-12(20-10)15-21(17,18)11-4-3-9(19-11)5-6-16/h3-4,8,16H,5-7H2,1-2H3,(H,14,15). The summed E-state index contributed by atoms with van der Waals surface area (Å²) in [4.78, 5) is 0.829. The highest BCUT2D eigenvalue weighted by atomic mass is 32.2. The van der Waals surface area contributed by atoms with Gasteiger partial charge in [-0.25, -0.2) is 8.42 Å². The molecule has 2 heterocycles.